The maximum Gasteiger partial charge on any atom is 0.289 e. The number of aromatic nitrogens is 1. The molecule has 3 aromatic rings. The molecule has 0 aliphatic carbocycles. The number of fused-ring (bicyclic) bond motifs is 1. The van der Waals surface area contributed by atoms with Crippen molar-refractivity contribution < 1.29 is 9.21 Å². The van der Waals surface area contributed by atoms with Crippen LogP contribution < -0.4 is 0 Å². The number of piperazine rings is 1. The van der Waals surface area contributed by atoms with Gasteiger partial charge in [-0.05, 0) is 37.3 Å². The molecule has 0 spiro atoms. The van der Waals surface area contributed by atoms with Gasteiger partial charge in [0, 0.05) is 66.5 Å². The third-order valence-electron chi connectivity index (χ3n) is 5.16. The quantitative estimate of drug-likeness (QED) is 0.633. The molecule has 1 amide bonds. The van der Waals surface area contributed by atoms with E-state index in [0.717, 1.165) is 65.8 Å². The van der Waals surface area contributed by atoms with Gasteiger partial charge in [0.1, 0.15) is 5.58 Å². The summed E-state index contributed by atoms with van der Waals surface area (Å²) >= 11 is 3.48. The standard InChI is InChI=1S/C21H22BrN3O2/c1-15-18-14-16(22)5-6-19(18)27-20(15)21(26)25-12-10-24(11-13-25)9-7-17-4-2-3-8-23-17/h2-6,8,14H,7,9-13H2,1H3. The first-order valence-electron chi connectivity index (χ1n) is 9.22. The fourth-order valence-corrected chi connectivity index (χ4v) is 3.90. The Hall–Kier alpha value is -2.18. The second-order valence-corrected chi connectivity index (χ2v) is 7.82. The first kappa shape index (κ1) is 18.2. The van der Waals surface area contributed by atoms with E-state index >= 15 is 0 Å². The number of hydrogen-bond acceptors (Lipinski definition) is 4. The molecule has 4 rings (SSSR count). The van der Waals surface area contributed by atoms with Crippen LogP contribution in [-0.2, 0) is 6.42 Å². The van der Waals surface area contributed by atoms with E-state index in [9.17, 15) is 4.79 Å². The van der Waals surface area contributed by atoms with Crippen molar-refractivity contribution >= 4 is 32.8 Å². The third-order valence-corrected chi connectivity index (χ3v) is 5.66. The van der Waals surface area contributed by atoms with Gasteiger partial charge >= 0.3 is 0 Å². The van der Waals surface area contributed by atoms with Gasteiger partial charge in [0.15, 0.2) is 5.76 Å². The van der Waals surface area contributed by atoms with Crippen LogP contribution in [0.25, 0.3) is 11.0 Å². The summed E-state index contributed by atoms with van der Waals surface area (Å²) in [7, 11) is 0. The van der Waals surface area contributed by atoms with Crippen LogP contribution in [0, 0.1) is 6.92 Å². The topological polar surface area (TPSA) is 49.6 Å². The van der Waals surface area contributed by atoms with E-state index in [-0.39, 0.29) is 5.91 Å². The fraction of sp³-hybridized carbons (Fsp3) is 0.333. The Kier molecular flexibility index (Phi) is 5.27. The van der Waals surface area contributed by atoms with Crippen LogP contribution in [0.5, 0.6) is 0 Å². The highest BCUT2D eigenvalue weighted by Gasteiger charge is 2.26. The first-order chi connectivity index (χ1) is 13.1. The van der Waals surface area contributed by atoms with E-state index in [1.54, 1.807) is 0 Å². The number of rotatable bonds is 4. The fourth-order valence-electron chi connectivity index (χ4n) is 3.53. The molecule has 0 unspecified atom stereocenters. The van der Waals surface area contributed by atoms with Crippen LogP contribution in [0.15, 0.2) is 51.5 Å². The molecule has 0 bridgehead atoms. The average molecular weight is 428 g/mol. The van der Waals surface area contributed by atoms with Gasteiger partial charge in [-0.25, -0.2) is 0 Å². The normalized spacial score (nSPS) is 15.4. The van der Waals surface area contributed by atoms with Gasteiger partial charge in [-0.2, -0.15) is 0 Å². The molecule has 1 aliphatic heterocycles. The minimum absolute atomic E-state index is 0.0100. The maximum absolute atomic E-state index is 13.0. The van der Waals surface area contributed by atoms with E-state index < -0.39 is 0 Å². The molecule has 1 fully saturated rings. The third kappa shape index (κ3) is 3.92. The Balaban J connectivity index is 1.38. The predicted molar refractivity (Wildman–Crippen MR) is 109 cm³/mol. The highest BCUT2D eigenvalue weighted by Crippen LogP contribution is 2.29. The van der Waals surface area contributed by atoms with E-state index in [0.29, 0.717) is 5.76 Å². The van der Waals surface area contributed by atoms with Crippen molar-refractivity contribution in [2.75, 3.05) is 32.7 Å². The summed E-state index contributed by atoms with van der Waals surface area (Å²) in [5, 5.41) is 0.988. The number of carbonyl (C=O) groups excluding carboxylic acids is 1. The van der Waals surface area contributed by atoms with E-state index in [1.807, 2.05) is 48.4 Å². The lowest BCUT2D eigenvalue weighted by Crippen LogP contribution is -2.49. The lowest BCUT2D eigenvalue weighted by atomic mass is 10.1. The molecule has 0 saturated carbocycles. The van der Waals surface area contributed by atoms with Gasteiger partial charge in [0.25, 0.3) is 5.91 Å². The van der Waals surface area contributed by atoms with Crippen molar-refractivity contribution in [2.24, 2.45) is 0 Å². The first-order valence-corrected chi connectivity index (χ1v) is 10.0. The Labute approximate surface area is 167 Å². The van der Waals surface area contributed by atoms with Gasteiger partial charge in [-0.1, -0.05) is 22.0 Å². The summed E-state index contributed by atoms with van der Waals surface area (Å²) in [6.45, 7) is 6.13. The second kappa shape index (κ2) is 7.82. The van der Waals surface area contributed by atoms with Crippen molar-refractivity contribution in [2.45, 2.75) is 13.3 Å². The number of nitrogens with zero attached hydrogens (tertiary/aromatic N) is 3. The Morgan fingerprint density at radius 3 is 2.74 bits per heavy atom. The Morgan fingerprint density at radius 1 is 1.19 bits per heavy atom. The van der Waals surface area contributed by atoms with Crippen LogP contribution in [0.3, 0.4) is 0 Å². The Morgan fingerprint density at radius 2 is 2.00 bits per heavy atom. The number of furan rings is 1. The van der Waals surface area contributed by atoms with Crippen molar-refractivity contribution in [3.8, 4) is 0 Å². The van der Waals surface area contributed by atoms with Gasteiger partial charge in [-0.15, -0.1) is 0 Å². The van der Waals surface area contributed by atoms with Crippen LogP contribution in [0.4, 0.5) is 0 Å². The molecule has 3 heterocycles. The summed E-state index contributed by atoms with van der Waals surface area (Å²) in [5.74, 6) is 0.453. The second-order valence-electron chi connectivity index (χ2n) is 6.90. The molecule has 6 heteroatoms. The summed E-state index contributed by atoms with van der Waals surface area (Å²) in [4.78, 5) is 21.6. The molecule has 140 valence electrons. The molecule has 0 atom stereocenters. The highest BCUT2D eigenvalue weighted by atomic mass is 79.9. The van der Waals surface area contributed by atoms with Crippen molar-refractivity contribution in [3.63, 3.8) is 0 Å². The zero-order valence-corrected chi connectivity index (χ0v) is 16.9. The number of pyridine rings is 1. The molecule has 1 saturated heterocycles. The molecular weight excluding hydrogens is 406 g/mol. The largest absolute Gasteiger partial charge is 0.451 e. The number of aryl methyl sites for hydroxylation is 1. The zero-order chi connectivity index (χ0) is 18.8. The summed E-state index contributed by atoms with van der Waals surface area (Å²) in [6, 6.07) is 11.8. The molecule has 1 aromatic carbocycles. The van der Waals surface area contributed by atoms with Crippen molar-refractivity contribution in [1.82, 2.24) is 14.8 Å². The molecule has 2 aromatic heterocycles. The van der Waals surface area contributed by atoms with Crippen LogP contribution >= 0.6 is 15.9 Å². The van der Waals surface area contributed by atoms with Gasteiger partial charge in [-0.3, -0.25) is 14.7 Å². The van der Waals surface area contributed by atoms with Gasteiger partial charge < -0.3 is 9.32 Å². The lowest BCUT2D eigenvalue weighted by molar-refractivity contribution is 0.0608. The van der Waals surface area contributed by atoms with Gasteiger partial charge in [0.05, 0.1) is 0 Å². The molecule has 0 radical (unpaired) electrons. The molecule has 5 nitrogen and oxygen atoms in total. The lowest BCUT2D eigenvalue weighted by Gasteiger charge is -2.34. The number of carbonyl (C=O) groups is 1. The zero-order valence-electron chi connectivity index (χ0n) is 15.3. The van der Waals surface area contributed by atoms with E-state index in [4.69, 9.17) is 4.42 Å². The minimum Gasteiger partial charge on any atom is -0.451 e. The van der Waals surface area contributed by atoms with E-state index in [2.05, 4.69) is 31.9 Å². The predicted octanol–water partition coefficient (Wildman–Crippen LogP) is 3.90. The number of benzene rings is 1. The number of amides is 1. The smallest absolute Gasteiger partial charge is 0.289 e. The average Bonchev–Trinajstić information content (AvgIpc) is 3.03. The number of hydrogen-bond donors (Lipinski definition) is 0. The summed E-state index contributed by atoms with van der Waals surface area (Å²) < 4.78 is 6.85. The van der Waals surface area contributed by atoms with Gasteiger partial charge in [0.2, 0.25) is 0 Å². The van der Waals surface area contributed by atoms with Crippen LogP contribution in [0.2, 0.25) is 0 Å². The Bertz CT molecular complexity index is 947. The summed E-state index contributed by atoms with van der Waals surface area (Å²) in [6.07, 6.45) is 2.77. The maximum atomic E-state index is 13.0. The van der Waals surface area contributed by atoms with Crippen LogP contribution in [0.1, 0.15) is 21.8 Å². The molecule has 1 aliphatic rings. The monoisotopic (exact) mass is 427 g/mol. The van der Waals surface area contributed by atoms with Crippen LogP contribution in [-0.4, -0.2) is 53.4 Å². The number of halogens is 1. The van der Waals surface area contributed by atoms with E-state index in [1.165, 1.54) is 0 Å². The molecular formula is C21H22BrN3O2. The SMILES string of the molecule is Cc1c(C(=O)N2CCN(CCc3ccccn3)CC2)oc2ccc(Br)cc12. The molecule has 27 heavy (non-hydrogen) atoms. The summed E-state index contributed by atoms with van der Waals surface area (Å²) in [5.41, 5.74) is 2.78. The van der Waals surface area contributed by atoms with Crippen molar-refractivity contribution in [3.05, 3.63) is 64.1 Å². The highest BCUT2D eigenvalue weighted by molar-refractivity contribution is 9.10. The molecule has 0 N–H and O–H groups in total. The minimum atomic E-state index is -0.0100. The van der Waals surface area contributed by atoms with Crippen molar-refractivity contribution in [1.29, 1.82) is 0 Å².